The van der Waals surface area contributed by atoms with Crippen LogP contribution in [0.5, 0.6) is 0 Å². The first kappa shape index (κ1) is 15.8. The second kappa shape index (κ2) is 6.97. The van der Waals surface area contributed by atoms with Gasteiger partial charge in [-0.25, -0.2) is 0 Å². The second-order valence-electron chi connectivity index (χ2n) is 5.67. The molecule has 122 valence electrons. The molecule has 1 aliphatic heterocycles. The number of hydrogen-bond donors (Lipinski definition) is 2. The van der Waals surface area contributed by atoms with Gasteiger partial charge in [0.2, 0.25) is 0 Å². The summed E-state index contributed by atoms with van der Waals surface area (Å²) in [5, 5.41) is 6.41. The Kier molecular flexibility index (Phi) is 4.78. The van der Waals surface area contributed by atoms with Crippen molar-refractivity contribution < 1.29 is 14.0 Å². The van der Waals surface area contributed by atoms with Crippen LogP contribution in [0.1, 0.15) is 33.1 Å². The lowest BCUT2D eigenvalue weighted by atomic mass is 10.1. The van der Waals surface area contributed by atoms with Gasteiger partial charge in [-0.15, -0.1) is 11.3 Å². The van der Waals surface area contributed by atoms with Crippen LogP contribution in [0.4, 0.5) is 5.00 Å². The summed E-state index contributed by atoms with van der Waals surface area (Å²) in [7, 11) is 2.06. The van der Waals surface area contributed by atoms with Crippen LogP contribution in [0.15, 0.2) is 34.9 Å². The molecule has 1 atom stereocenters. The predicted molar refractivity (Wildman–Crippen MR) is 89.0 cm³/mol. The highest BCUT2D eigenvalue weighted by Crippen LogP contribution is 2.23. The fourth-order valence-corrected chi connectivity index (χ4v) is 3.45. The molecule has 0 saturated carbocycles. The molecular formula is C16H19N3O3S. The quantitative estimate of drug-likeness (QED) is 0.901. The molecule has 0 bridgehead atoms. The molecule has 1 saturated heterocycles. The standard InChI is InChI=1S/C16H19N3O3S/c1-19-8-2-4-11(10-19)17-16(21)13-6-7-14(23-13)18-15(20)12-5-3-9-22-12/h3,5-7,9,11H,2,4,8,10H2,1H3,(H,17,21)(H,18,20)/t11-/m1/s1. The maximum absolute atomic E-state index is 12.3. The van der Waals surface area contributed by atoms with Gasteiger partial charge in [-0.1, -0.05) is 0 Å². The summed E-state index contributed by atoms with van der Waals surface area (Å²) in [6.45, 7) is 1.95. The number of anilines is 1. The summed E-state index contributed by atoms with van der Waals surface area (Å²) < 4.78 is 5.04. The number of piperidine rings is 1. The molecule has 3 heterocycles. The lowest BCUT2D eigenvalue weighted by Gasteiger charge is -2.30. The van der Waals surface area contributed by atoms with Crippen molar-refractivity contribution in [3.63, 3.8) is 0 Å². The second-order valence-corrected chi connectivity index (χ2v) is 6.75. The van der Waals surface area contributed by atoms with Gasteiger partial charge < -0.3 is 20.0 Å². The van der Waals surface area contributed by atoms with Crippen LogP contribution in [0.3, 0.4) is 0 Å². The molecule has 0 spiro atoms. The topological polar surface area (TPSA) is 74.6 Å². The number of furan rings is 1. The monoisotopic (exact) mass is 333 g/mol. The largest absolute Gasteiger partial charge is 0.459 e. The van der Waals surface area contributed by atoms with E-state index in [4.69, 9.17) is 4.42 Å². The van der Waals surface area contributed by atoms with Crippen LogP contribution in [-0.4, -0.2) is 42.9 Å². The van der Waals surface area contributed by atoms with Gasteiger partial charge >= 0.3 is 0 Å². The Morgan fingerprint density at radius 2 is 2.17 bits per heavy atom. The van der Waals surface area contributed by atoms with Crippen LogP contribution < -0.4 is 10.6 Å². The van der Waals surface area contributed by atoms with Gasteiger partial charge in [0, 0.05) is 12.6 Å². The molecule has 1 aliphatic rings. The fourth-order valence-electron chi connectivity index (χ4n) is 2.65. The van der Waals surface area contributed by atoms with Crippen molar-refractivity contribution in [1.29, 1.82) is 0 Å². The van der Waals surface area contributed by atoms with Crippen LogP contribution in [0.2, 0.25) is 0 Å². The lowest BCUT2D eigenvalue weighted by Crippen LogP contribution is -2.46. The lowest BCUT2D eigenvalue weighted by molar-refractivity contribution is 0.0916. The zero-order chi connectivity index (χ0) is 16.2. The van der Waals surface area contributed by atoms with Crippen molar-refractivity contribution >= 4 is 28.2 Å². The van der Waals surface area contributed by atoms with E-state index < -0.39 is 0 Å². The average molecular weight is 333 g/mol. The van der Waals surface area contributed by atoms with E-state index in [9.17, 15) is 9.59 Å². The van der Waals surface area contributed by atoms with Gasteiger partial charge in [-0.05, 0) is 50.7 Å². The van der Waals surface area contributed by atoms with Crippen molar-refractivity contribution in [3.8, 4) is 0 Å². The molecule has 2 aromatic rings. The van der Waals surface area contributed by atoms with Gasteiger partial charge in [-0.3, -0.25) is 9.59 Å². The van der Waals surface area contributed by atoms with Gasteiger partial charge in [0.05, 0.1) is 16.1 Å². The Bertz CT molecular complexity index is 681. The Morgan fingerprint density at radius 3 is 2.91 bits per heavy atom. The molecule has 2 N–H and O–H groups in total. The number of nitrogens with zero attached hydrogens (tertiary/aromatic N) is 1. The van der Waals surface area contributed by atoms with Crippen molar-refractivity contribution in [2.24, 2.45) is 0 Å². The molecule has 7 heteroatoms. The highest BCUT2D eigenvalue weighted by Gasteiger charge is 2.20. The minimum absolute atomic E-state index is 0.0891. The molecular weight excluding hydrogens is 314 g/mol. The first-order valence-corrected chi connectivity index (χ1v) is 8.37. The molecule has 0 aliphatic carbocycles. The van der Waals surface area contributed by atoms with Crippen molar-refractivity contribution in [3.05, 3.63) is 41.2 Å². The summed E-state index contributed by atoms with van der Waals surface area (Å²) in [5.41, 5.74) is 0. The molecule has 23 heavy (non-hydrogen) atoms. The van der Waals surface area contributed by atoms with Crippen LogP contribution >= 0.6 is 11.3 Å². The van der Waals surface area contributed by atoms with Gasteiger partial charge in [0.1, 0.15) is 0 Å². The highest BCUT2D eigenvalue weighted by molar-refractivity contribution is 7.18. The number of nitrogens with one attached hydrogen (secondary N) is 2. The number of rotatable bonds is 4. The minimum Gasteiger partial charge on any atom is -0.459 e. The number of carbonyl (C=O) groups is 2. The molecule has 2 aromatic heterocycles. The summed E-state index contributed by atoms with van der Waals surface area (Å²) in [5.74, 6) is -0.166. The molecule has 0 unspecified atom stereocenters. The Labute approximate surface area is 138 Å². The first-order valence-electron chi connectivity index (χ1n) is 7.56. The molecule has 2 amide bonds. The predicted octanol–water partition coefficient (Wildman–Crippen LogP) is 2.42. The van der Waals surface area contributed by atoms with Gasteiger partial charge in [0.15, 0.2) is 5.76 Å². The van der Waals surface area contributed by atoms with E-state index >= 15 is 0 Å². The summed E-state index contributed by atoms with van der Waals surface area (Å²) in [6, 6.07) is 6.89. The van der Waals surface area contributed by atoms with Gasteiger partial charge in [0.25, 0.3) is 11.8 Å². The number of amides is 2. The minimum atomic E-state index is -0.322. The molecule has 6 nitrogen and oxygen atoms in total. The smallest absolute Gasteiger partial charge is 0.291 e. The van der Waals surface area contributed by atoms with Gasteiger partial charge in [-0.2, -0.15) is 0 Å². The number of likely N-dealkylation sites (N-methyl/N-ethyl adjacent to an activating group) is 1. The molecule has 1 fully saturated rings. The summed E-state index contributed by atoms with van der Waals surface area (Å²) >= 11 is 1.26. The highest BCUT2D eigenvalue weighted by atomic mass is 32.1. The SMILES string of the molecule is CN1CCC[C@@H](NC(=O)c2ccc(NC(=O)c3ccco3)s2)C1. The normalized spacial score (nSPS) is 18.6. The third-order valence-corrected chi connectivity index (χ3v) is 4.77. The van der Waals surface area contributed by atoms with E-state index in [1.54, 1.807) is 24.3 Å². The fraction of sp³-hybridized carbons (Fsp3) is 0.375. The van der Waals surface area contributed by atoms with E-state index in [1.807, 2.05) is 0 Å². The Hall–Kier alpha value is -2.12. The number of likely N-dealkylation sites (tertiary alicyclic amines) is 1. The maximum atomic E-state index is 12.3. The van der Waals surface area contributed by atoms with Crippen LogP contribution in [-0.2, 0) is 0 Å². The third-order valence-electron chi connectivity index (χ3n) is 3.77. The summed E-state index contributed by atoms with van der Waals surface area (Å²) in [6.07, 6.45) is 3.54. The maximum Gasteiger partial charge on any atom is 0.291 e. The van der Waals surface area contributed by atoms with E-state index in [2.05, 4.69) is 22.6 Å². The summed E-state index contributed by atoms with van der Waals surface area (Å²) in [4.78, 5) is 27.0. The molecule has 0 radical (unpaired) electrons. The first-order chi connectivity index (χ1) is 11.1. The van der Waals surface area contributed by atoms with E-state index in [0.717, 1.165) is 25.9 Å². The van der Waals surface area contributed by atoms with Crippen molar-refractivity contribution in [1.82, 2.24) is 10.2 Å². The number of thiophene rings is 1. The number of hydrogen-bond acceptors (Lipinski definition) is 5. The molecule has 0 aromatic carbocycles. The molecule has 3 rings (SSSR count). The Balaban J connectivity index is 1.58. The van der Waals surface area contributed by atoms with Crippen molar-refractivity contribution in [2.75, 3.05) is 25.5 Å². The van der Waals surface area contributed by atoms with Crippen LogP contribution in [0, 0.1) is 0 Å². The zero-order valence-electron chi connectivity index (χ0n) is 12.9. The van der Waals surface area contributed by atoms with Crippen LogP contribution in [0.25, 0.3) is 0 Å². The van der Waals surface area contributed by atoms with E-state index in [0.29, 0.717) is 9.88 Å². The van der Waals surface area contributed by atoms with E-state index in [-0.39, 0.29) is 23.6 Å². The van der Waals surface area contributed by atoms with Crippen molar-refractivity contribution in [2.45, 2.75) is 18.9 Å². The number of carbonyl (C=O) groups excluding carboxylic acids is 2. The Morgan fingerprint density at radius 1 is 1.30 bits per heavy atom. The average Bonchev–Trinajstić information content (AvgIpc) is 3.18. The zero-order valence-corrected chi connectivity index (χ0v) is 13.7. The van der Waals surface area contributed by atoms with E-state index in [1.165, 1.54) is 17.6 Å². The third kappa shape index (κ3) is 4.00.